The van der Waals surface area contributed by atoms with Gasteiger partial charge in [0.15, 0.2) is 0 Å². The first-order valence-corrected chi connectivity index (χ1v) is 10.2. The van der Waals surface area contributed by atoms with Gasteiger partial charge in [0.2, 0.25) is 0 Å². The first-order chi connectivity index (χ1) is 11.5. The third-order valence-corrected chi connectivity index (χ3v) is 6.78. The Morgan fingerprint density at radius 1 is 1.21 bits per heavy atom. The van der Waals surface area contributed by atoms with Crippen LogP contribution in [0.2, 0.25) is 0 Å². The number of anilines is 1. The molecule has 1 atom stereocenters. The molecular formula is C19H24NO3P. The van der Waals surface area contributed by atoms with Crippen molar-refractivity contribution < 1.29 is 13.6 Å². The summed E-state index contributed by atoms with van der Waals surface area (Å²) >= 11 is 0. The molecule has 128 valence electrons. The first kappa shape index (κ1) is 16.1. The normalized spacial score (nSPS) is 27.7. The molecule has 1 aromatic rings. The number of nitrogens with one attached hydrogen (secondary N) is 1. The summed E-state index contributed by atoms with van der Waals surface area (Å²) in [6.45, 7) is 5.04. The zero-order valence-corrected chi connectivity index (χ0v) is 15.1. The molecule has 2 heterocycles. The molecule has 1 aliphatic carbocycles. The lowest BCUT2D eigenvalue weighted by molar-refractivity contribution is 0.0448. The Morgan fingerprint density at radius 2 is 1.96 bits per heavy atom. The van der Waals surface area contributed by atoms with E-state index in [0.29, 0.717) is 13.2 Å². The molecule has 4 nitrogen and oxygen atoms in total. The summed E-state index contributed by atoms with van der Waals surface area (Å²) in [5, 5.41) is 4.35. The van der Waals surface area contributed by atoms with E-state index in [4.69, 9.17) is 9.05 Å². The Balaban J connectivity index is 1.80. The van der Waals surface area contributed by atoms with Crippen molar-refractivity contribution in [2.75, 3.05) is 18.5 Å². The maximum absolute atomic E-state index is 13.5. The minimum absolute atomic E-state index is 0.101. The number of benzene rings is 1. The topological polar surface area (TPSA) is 47.6 Å². The van der Waals surface area contributed by atoms with Crippen LogP contribution in [0.15, 0.2) is 41.2 Å². The van der Waals surface area contributed by atoms with Gasteiger partial charge in [0.25, 0.3) is 0 Å². The van der Waals surface area contributed by atoms with Crippen LogP contribution in [0.1, 0.15) is 38.7 Å². The summed E-state index contributed by atoms with van der Waals surface area (Å²) in [6.07, 6.45) is 7.37. The summed E-state index contributed by atoms with van der Waals surface area (Å²) in [5.74, 6) is 0. The van der Waals surface area contributed by atoms with E-state index in [2.05, 4.69) is 31.3 Å². The van der Waals surface area contributed by atoms with Crippen molar-refractivity contribution in [1.29, 1.82) is 0 Å². The van der Waals surface area contributed by atoms with Gasteiger partial charge in [0.05, 0.1) is 24.6 Å². The van der Waals surface area contributed by atoms with Crippen LogP contribution in [-0.2, 0) is 13.6 Å². The highest BCUT2D eigenvalue weighted by molar-refractivity contribution is 7.59. The van der Waals surface area contributed by atoms with Gasteiger partial charge in [-0.25, -0.2) is 0 Å². The van der Waals surface area contributed by atoms with E-state index in [-0.39, 0.29) is 11.5 Å². The van der Waals surface area contributed by atoms with Crippen LogP contribution in [0.4, 0.5) is 5.69 Å². The predicted molar refractivity (Wildman–Crippen MR) is 97.1 cm³/mol. The first-order valence-electron chi connectivity index (χ1n) is 8.64. The summed E-state index contributed by atoms with van der Waals surface area (Å²) in [4.78, 5) is 0. The quantitative estimate of drug-likeness (QED) is 0.711. The second kappa shape index (κ2) is 5.87. The monoisotopic (exact) mass is 345 g/mol. The van der Waals surface area contributed by atoms with E-state index >= 15 is 0 Å². The van der Waals surface area contributed by atoms with Gasteiger partial charge in [0, 0.05) is 11.1 Å². The van der Waals surface area contributed by atoms with Crippen molar-refractivity contribution in [2.45, 2.75) is 39.2 Å². The molecule has 5 heteroatoms. The molecule has 0 radical (unpaired) electrons. The molecule has 3 aliphatic rings. The van der Waals surface area contributed by atoms with Crippen LogP contribution in [0.3, 0.4) is 0 Å². The summed E-state index contributed by atoms with van der Waals surface area (Å²) in [7, 11) is -3.29. The Labute approximate surface area is 143 Å². The molecule has 0 aromatic heterocycles. The number of allylic oxidation sites excluding steroid dienone is 1. The van der Waals surface area contributed by atoms with E-state index in [1.807, 2.05) is 24.3 Å². The van der Waals surface area contributed by atoms with Gasteiger partial charge in [0.1, 0.15) is 0 Å². The third kappa shape index (κ3) is 2.88. The van der Waals surface area contributed by atoms with E-state index in [0.717, 1.165) is 41.4 Å². The highest BCUT2D eigenvalue weighted by atomic mass is 31.2. The predicted octanol–water partition coefficient (Wildman–Crippen LogP) is 5.20. The molecule has 24 heavy (non-hydrogen) atoms. The SMILES string of the molecule is CC1(C)COP(=O)(C2=Cc3ccccc3N[C@@H]3CCCC=C23)OC1. The Hall–Kier alpha value is -1.35. The van der Waals surface area contributed by atoms with E-state index < -0.39 is 7.60 Å². The van der Waals surface area contributed by atoms with Crippen molar-refractivity contribution in [3.63, 3.8) is 0 Å². The smallest absolute Gasteiger partial charge is 0.361 e. The van der Waals surface area contributed by atoms with Gasteiger partial charge < -0.3 is 14.4 Å². The maximum atomic E-state index is 13.5. The Kier molecular flexibility index (Phi) is 3.95. The van der Waals surface area contributed by atoms with Gasteiger partial charge in [-0.3, -0.25) is 4.57 Å². The number of rotatable bonds is 1. The van der Waals surface area contributed by atoms with Gasteiger partial charge in [-0.05, 0) is 42.5 Å². The molecule has 0 spiro atoms. The lowest BCUT2D eigenvalue weighted by atomic mass is 9.94. The minimum Gasteiger partial charge on any atom is -0.378 e. The van der Waals surface area contributed by atoms with E-state index in [1.54, 1.807) is 0 Å². The van der Waals surface area contributed by atoms with Crippen molar-refractivity contribution >= 4 is 19.4 Å². The van der Waals surface area contributed by atoms with Crippen molar-refractivity contribution in [3.05, 3.63) is 46.8 Å². The van der Waals surface area contributed by atoms with Crippen LogP contribution in [0, 0.1) is 5.41 Å². The van der Waals surface area contributed by atoms with E-state index in [9.17, 15) is 4.57 Å². The fourth-order valence-electron chi connectivity index (χ4n) is 3.46. The Bertz CT molecular complexity index is 752. The Morgan fingerprint density at radius 3 is 2.75 bits per heavy atom. The summed E-state index contributed by atoms with van der Waals surface area (Å²) < 4.78 is 25.2. The zero-order valence-electron chi connectivity index (χ0n) is 14.2. The highest BCUT2D eigenvalue weighted by Crippen LogP contribution is 2.64. The molecule has 1 fully saturated rings. The second-order valence-corrected chi connectivity index (χ2v) is 9.61. The fourth-order valence-corrected chi connectivity index (χ4v) is 5.71. The van der Waals surface area contributed by atoms with Gasteiger partial charge in [-0.2, -0.15) is 0 Å². The molecule has 0 unspecified atom stereocenters. The van der Waals surface area contributed by atoms with Crippen LogP contribution >= 0.6 is 7.60 Å². The lowest BCUT2D eigenvalue weighted by Gasteiger charge is -2.36. The average Bonchev–Trinajstić information content (AvgIpc) is 2.75. The second-order valence-electron chi connectivity index (χ2n) is 7.61. The summed E-state index contributed by atoms with van der Waals surface area (Å²) in [6, 6.07) is 8.30. The van der Waals surface area contributed by atoms with Crippen molar-refractivity contribution in [3.8, 4) is 0 Å². The molecule has 0 amide bonds. The zero-order chi connectivity index (χ0) is 16.8. The molecule has 0 bridgehead atoms. The number of para-hydroxylation sites is 1. The molecule has 1 N–H and O–H groups in total. The lowest BCUT2D eigenvalue weighted by Crippen LogP contribution is -2.31. The molecule has 1 aromatic carbocycles. The molecular weight excluding hydrogens is 321 g/mol. The largest absolute Gasteiger partial charge is 0.378 e. The van der Waals surface area contributed by atoms with Gasteiger partial charge >= 0.3 is 7.60 Å². The molecule has 4 rings (SSSR count). The maximum Gasteiger partial charge on any atom is 0.361 e. The molecule has 2 aliphatic heterocycles. The van der Waals surface area contributed by atoms with Gasteiger partial charge in [-0.15, -0.1) is 0 Å². The van der Waals surface area contributed by atoms with Crippen molar-refractivity contribution in [1.82, 2.24) is 0 Å². The number of hydrogen-bond donors (Lipinski definition) is 1. The summed E-state index contributed by atoms with van der Waals surface area (Å²) in [5.41, 5.74) is 3.10. The van der Waals surface area contributed by atoms with Crippen molar-refractivity contribution in [2.24, 2.45) is 5.41 Å². The highest BCUT2D eigenvalue weighted by Gasteiger charge is 2.43. The fraction of sp³-hybridized carbons (Fsp3) is 0.474. The standard InChI is InChI=1S/C19H24NO3P/c1-19(2)12-22-24(21,23-13-19)18-11-14-7-3-5-9-16(14)20-17-10-6-4-8-15(17)18/h3,5,7-9,11,17,20H,4,6,10,12-13H2,1-2H3/t17-/m1/s1. The minimum atomic E-state index is -3.29. The molecule has 1 saturated heterocycles. The van der Waals surface area contributed by atoms with Crippen LogP contribution in [-0.4, -0.2) is 19.3 Å². The number of hydrogen-bond acceptors (Lipinski definition) is 4. The van der Waals surface area contributed by atoms with Crippen LogP contribution in [0.5, 0.6) is 0 Å². The van der Waals surface area contributed by atoms with Gasteiger partial charge in [-0.1, -0.05) is 38.1 Å². The van der Waals surface area contributed by atoms with Crippen LogP contribution in [0.25, 0.3) is 6.08 Å². The number of fused-ring (bicyclic) bond motifs is 2. The van der Waals surface area contributed by atoms with Crippen LogP contribution < -0.4 is 5.32 Å². The van der Waals surface area contributed by atoms with E-state index in [1.165, 1.54) is 0 Å². The average molecular weight is 345 g/mol. The molecule has 0 saturated carbocycles. The third-order valence-electron chi connectivity index (χ3n) is 4.86.